The molecule has 0 aromatic heterocycles. The average molecular weight is 1840 g/mol. The molecule has 18 heteroatoms. The Labute approximate surface area is 788 Å². The molecule has 0 bridgehead atoms. The van der Waals surface area contributed by atoms with Gasteiger partial charge in [0.1, 0.15) is 25.4 Å². The number of phosphoric ester groups is 2. The highest BCUT2D eigenvalue weighted by Gasteiger charge is 2.30. The van der Waals surface area contributed by atoms with Crippen molar-refractivity contribution in [2.75, 3.05) is 39.6 Å². The number of ether oxygens (including phenoxy) is 3. The van der Waals surface area contributed by atoms with E-state index in [1.165, 1.54) is 186 Å². The highest BCUT2D eigenvalue weighted by atomic mass is 31.2. The van der Waals surface area contributed by atoms with E-state index in [1.54, 1.807) is 0 Å². The van der Waals surface area contributed by atoms with Crippen LogP contribution in [0.5, 0.6) is 0 Å². The second-order valence-electron chi connectivity index (χ2n) is 34.2. The van der Waals surface area contributed by atoms with Crippen molar-refractivity contribution in [3.05, 3.63) is 194 Å². The summed E-state index contributed by atoms with van der Waals surface area (Å²) in [7, 11) is -9.82. The van der Waals surface area contributed by atoms with Crippen molar-refractivity contribution in [2.24, 2.45) is 0 Å². The fourth-order valence-electron chi connectivity index (χ4n) is 14.0. The number of phosphoric acid groups is 2. The Morgan fingerprint density at radius 3 is 0.651 bits per heavy atom. The lowest BCUT2D eigenvalue weighted by Gasteiger charge is -2.21. The van der Waals surface area contributed by atoms with Crippen LogP contribution < -0.4 is 0 Å². The van der Waals surface area contributed by atoms with Crippen LogP contribution in [0.3, 0.4) is 0 Å². The lowest BCUT2D eigenvalue weighted by molar-refractivity contribution is -0.161. The van der Waals surface area contributed by atoms with Crippen molar-refractivity contribution < 1.29 is 75.8 Å². The highest BCUT2D eigenvalue weighted by molar-refractivity contribution is 7.47. The van der Waals surface area contributed by atoms with E-state index in [9.17, 15) is 43.5 Å². The second kappa shape index (κ2) is 101. The third-order valence-electron chi connectivity index (χ3n) is 21.8. The van der Waals surface area contributed by atoms with Gasteiger partial charge in [0.25, 0.3) is 0 Å². The molecule has 0 saturated carbocycles. The van der Waals surface area contributed by atoms with Gasteiger partial charge in [0.15, 0.2) is 6.10 Å². The number of hydrogen-bond donors (Lipinski definition) is 4. The van der Waals surface area contributed by atoms with Crippen molar-refractivity contribution >= 4 is 33.6 Å². The molecular formula is C111H188O16P2. The van der Waals surface area contributed by atoms with Gasteiger partial charge >= 0.3 is 33.6 Å². The van der Waals surface area contributed by atoms with Gasteiger partial charge in [-0.15, -0.1) is 0 Å². The maximum atomic E-state index is 13.1. The van der Waals surface area contributed by atoms with E-state index >= 15 is 0 Å². The van der Waals surface area contributed by atoms with Crippen molar-refractivity contribution in [3.8, 4) is 0 Å². The number of aliphatic hydroxyl groups is 2. The van der Waals surface area contributed by atoms with Crippen LogP contribution in [0.2, 0.25) is 0 Å². The maximum absolute atomic E-state index is 13.1. The Kier molecular flexibility index (Phi) is 97.0. The van der Waals surface area contributed by atoms with Crippen molar-refractivity contribution in [2.45, 2.75) is 450 Å². The number of hydrogen-bond acceptors (Lipinski definition) is 14. The van der Waals surface area contributed by atoms with Crippen LogP contribution in [0, 0.1) is 0 Å². The van der Waals surface area contributed by atoms with Gasteiger partial charge in [-0.05, 0) is 167 Å². The van der Waals surface area contributed by atoms with Crippen LogP contribution in [0.4, 0.5) is 0 Å². The van der Waals surface area contributed by atoms with Gasteiger partial charge in [0.05, 0.1) is 26.4 Å². The van der Waals surface area contributed by atoms with Gasteiger partial charge in [-0.3, -0.25) is 32.5 Å². The summed E-state index contributed by atoms with van der Waals surface area (Å²) >= 11 is 0. The zero-order valence-corrected chi connectivity index (χ0v) is 83.6. The van der Waals surface area contributed by atoms with Crippen LogP contribution in [-0.2, 0) is 55.8 Å². The van der Waals surface area contributed by atoms with Crippen molar-refractivity contribution in [3.63, 3.8) is 0 Å². The van der Waals surface area contributed by atoms with Crippen LogP contribution in [-0.4, -0.2) is 95.9 Å². The summed E-state index contributed by atoms with van der Waals surface area (Å²) in [4.78, 5) is 59.3. The van der Waals surface area contributed by atoms with Crippen LogP contribution in [0.25, 0.3) is 0 Å². The zero-order chi connectivity index (χ0) is 93.5. The van der Waals surface area contributed by atoms with Gasteiger partial charge in [-0.25, -0.2) is 9.13 Å². The first-order chi connectivity index (χ1) is 63.2. The summed E-state index contributed by atoms with van der Waals surface area (Å²) in [5.41, 5.74) is 0. The summed E-state index contributed by atoms with van der Waals surface area (Å²) < 4.78 is 61.7. The molecule has 0 aliphatic carbocycles. The van der Waals surface area contributed by atoms with Gasteiger partial charge < -0.3 is 34.2 Å². The minimum atomic E-state index is -4.95. The first kappa shape index (κ1) is 123. The molecule has 4 N–H and O–H groups in total. The molecule has 0 spiro atoms. The monoisotopic (exact) mass is 1840 g/mol. The minimum Gasteiger partial charge on any atom is -0.463 e. The average Bonchev–Trinajstić information content (AvgIpc) is 0.898. The first-order valence-electron chi connectivity index (χ1n) is 51.7. The smallest absolute Gasteiger partial charge is 0.463 e. The Morgan fingerprint density at radius 2 is 0.411 bits per heavy atom. The predicted molar refractivity (Wildman–Crippen MR) is 546 cm³/mol. The molecule has 5 atom stereocenters. The summed E-state index contributed by atoms with van der Waals surface area (Å²) in [6.45, 7) is 2.49. The largest absolute Gasteiger partial charge is 0.472 e. The quantitative estimate of drug-likeness (QED) is 0.0146. The van der Waals surface area contributed by atoms with Crippen LogP contribution in [0.15, 0.2) is 194 Å². The van der Waals surface area contributed by atoms with Crippen LogP contribution >= 0.6 is 15.6 Å². The molecule has 738 valence electrons. The van der Waals surface area contributed by atoms with E-state index in [0.717, 1.165) is 186 Å². The molecule has 129 heavy (non-hydrogen) atoms. The third kappa shape index (κ3) is 103. The maximum Gasteiger partial charge on any atom is 0.472 e. The fraction of sp³-hybridized carbons (Fsp3) is 0.685. The van der Waals surface area contributed by atoms with E-state index < -0.39 is 91.5 Å². The Balaban J connectivity index is 4.64. The molecule has 0 aromatic carbocycles. The summed E-state index contributed by atoms with van der Waals surface area (Å²) in [6, 6.07) is 0. The van der Waals surface area contributed by atoms with E-state index in [-0.39, 0.29) is 19.3 Å². The Bertz CT molecular complexity index is 3130. The van der Waals surface area contributed by atoms with Gasteiger partial charge in [-0.2, -0.15) is 0 Å². The van der Waals surface area contributed by atoms with E-state index in [0.29, 0.717) is 19.3 Å². The number of rotatable bonds is 97. The predicted octanol–water partition coefficient (Wildman–Crippen LogP) is 32.9. The zero-order valence-electron chi connectivity index (χ0n) is 81.8. The topological polar surface area (TPSA) is 231 Å². The Hall–Kier alpha value is -5.61. The molecule has 16 nitrogen and oxygen atoms in total. The number of carbonyl (C=O) groups excluding carboxylic acids is 3. The highest BCUT2D eigenvalue weighted by Crippen LogP contribution is 2.45. The molecule has 0 aromatic rings. The SMILES string of the molecule is CC/C=C\C/C=C\C/C=C\C/C=C\C/C=C\C/C=C\CCCCCCCCCCCCCCCCC(=O)OCC(O)COP(=O)(O)OCC(O)COP(=O)(O)OCC(COC(=O)CCCCCCCCCCCCCC/C=C\C/C=C\C/C=C\C/C=C\C/C=C\C/C=C\CC)OC(=O)CCCCCCCCCCCCCCC/C=C\C/C=C\C/C=C\C/C=C\CCCCC. The van der Waals surface area contributed by atoms with Gasteiger partial charge in [-0.1, -0.05) is 440 Å². The molecule has 5 unspecified atom stereocenters. The van der Waals surface area contributed by atoms with Crippen molar-refractivity contribution in [1.29, 1.82) is 0 Å². The molecule has 0 fully saturated rings. The molecule has 0 saturated heterocycles. The summed E-state index contributed by atoms with van der Waals surface area (Å²) in [5.74, 6) is -1.57. The number of esters is 3. The number of allylic oxidation sites excluding steroid dienone is 32. The van der Waals surface area contributed by atoms with Gasteiger partial charge in [0.2, 0.25) is 0 Å². The van der Waals surface area contributed by atoms with Crippen molar-refractivity contribution in [1.82, 2.24) is 0 Å². The molecule has 0 aliphatic heterocycles. The molecule has 0 radical (unpaired) electrons. The normalized spacial score (nSPS) is 14.4. The van der Waals surface area contributed by atoms with Crippen LogP contribution in [0.1, 0.15) is 432 Å². The first-order valence-corrected chi connectivity index (χ1v) is 54.7. The summed E-state index contributed by atoms with van der Waals surface area (Å²) in [5, 5.41) is 20.8. The minimum absolute atomic E-state index is 0.0984. The lowest BCUT2D eigenvalue weighted by atomic mass is 10.0. The lowest BCUT2D eigenvalue weighted by Crippen LogP contribution is -2.30. The fourth-order valence-corrected chi connectivity index (χ4v) is 15.6. The number of carbonyl (C=O) groups is 3. The molecule has 0 heterocycles. The summed E-state index contributed by atoms with van der Waals surface area (Å²) in [6.07, 6.45) is 136. The van der Waals surface area contributed by atoms with Gasteiger partial charge in [0, 0.05) is 19.3 Å². The van der Waals surface area contributed by atoms with E-state index in [4.69, 9.17) is 32.3 Å². The second-order valence-corrected chi connectivity index (χ2v) is 37.1. The molecular weight excluding hydrogens is 1650 g/mol. The van der Waals surface area contributed by atoms with E-state index in [1.807, 2.05) is 0 Å². The third-order valence-corrected chi connectivity index (χ3v) is 23.7. The number of unbranched alkanes of at least 4 members (excludes halogenated alkanes) is 42. The molecule has 0 rings (SSSR count). The molecule has 0 aliphatic rings. The van der Waals surface area contributed by atoms with E-state index in [2.05, 4.69) is 215 Å². The number of aliphatic hydroxyl groups excluding tert-OH is 2. The standard InChI is InChI=1S/C111H188O16P2/c1-4-7-10-13-16-19-22-25-28-31-34-37-40-43-46-49-51-52-54-57-58-61-64-67-70-73-76-79-82-85-88-91-94-97-109(114)121-100-106(112)101-123-128(117,118)124-102-107(113)103-125-129(119,120)126-105-108(127-111(116)99-96-93-90-87-84-81-78-75-72-69-66-63-60-55-48-45-42-39-36-33-30-27-24-21-18-15-12-9-6-3)104-122-110(115)98-95-92-89-86-83-80-77-74-71-68-65-62-59-56-53-50-47-44-41-38-35-32-29-26-23-20-17-14-11-8-5-2/h7-8,10-11,16-21,25-30,34-39,43-48,51-53,56,106-108,112-113H,4-6,9,12-15,22-24,31-33,40-42,49-50,54-55,57-105H2,1-3H3,(H,117,118)(H,119,120)/b10-7-,11-8-,19-16-,20-17-,21-18-,28-25-,29-26-,30-27-,37-34-,38-35-,39-36-,46-43-,47-44-,48-45-,52-51-,56-53-. The Morgan fingerprint density at radius 1 is 0.225 bits per heavy atom. The molecule has 0 amide bonds.